The zero-order valence-corrected chi connectivity index (χ0v) is 14.7. The lowest BCUT2D eigenvalue weighted by atomic mass is 10.2. The van der Waals surface area contributed by atoms with Crippen molar-refractivity contribution in [2.45, 2.75) is 19.9 Å². The van der Waals surface area contributed by atoms with E-state index in [0.29, 0.717) is 16.4 Å². The third kappa shape index (κ3) is 5.24. The maximum atomic E-state index is 12.2. The zero-order chi connectivity index (χ0) is 17.5. The number of anilines is 2. The van der Waals surface area contributed by atoms with Crippen LogP contribution in [0.5, 0.6) is 5.75 Å². The number of amides is 1. The summed E-state index contributed by atoms with van der Waals surface area (Å²) in [7, 11) is 1.60. The highest BCUT2D eigenvalue weighted by atomic mass is 32.1. The Hall–Kier alpha value is -2.60. The van der Waals surface area contributed by atoms with Crippen molar-refractivity contribution in [3.8, 4) is 5.75 Å². The third-order valence-electron chi connectivity index (χ3n) is 3.17. The van der Waals surface area contributed by atoms with E-state index in [0.717, 1.165) is 11.4 Å². The van der Waals surface area contributed by atoms with Gasteiger partial charge in [0.05, 0.1) is 7.11 Å². The van der Waals surface area contributed by atoms with Gasteiger partial charge in [-0.25, -0.2) is 0 Å². The highest BCUT2D eigenvalue weighted by Gasteiger charge is 2.07. The lowest BCUT2D eigenvalue weighted by molar-refractivity contribution is 0.102. The molecule has 0 heterocycles. The Morgan fingerprint density at radius 2 is 1.50 bits per heavy atom. The van der Waals surface area contributed by atoms with Gasteiger partial charge in [0, 0.05) is 23.0 Å². The molecule has 0 bridgehead atoms. The van der Waals surface area contributed by atoms with Gasteiger partial charge < -0.3 is 20.7 Å². The number of rotatable bonds is 5. The zero-order valence-electron chi connectivity index (χ0n) is 13.9. The van der Waals surface area contributed by atoms with Crippen LogP contribution in [0.25, 0.3) is 0 Å². The molecule has 5 nitrogen and oxygen atoms in total. The van der Waals surface area contributed by atoms with Crippen LogP contribution in [0.2, 0.25) is 0 Å². The molecule has 2 aromatic carbocycles. The van der Waals surface area contributed by atoms with Crippen LogP contribution in [0.1, 0.15) is 24.2 Å². The molecule has 126 valence electrons. The molecule has 0 saturated carbocycles. The number of hydrogen-bond donors (Lipinski definition) is 3. The van der Waals surface area contributed by atoms with Crippen LogP contribution in [0.4, 0.5) is 11.4 Å². The maximum Gasteiger partial charge on any atom is 0.255 e. The monoisotopic (exact) mass is 343 g/mol. The Morgan fingerprint density at radius 1 is 0.958 bits per heavy atom. The van der Waals surface area contributed by atoms with Gasteiger partial charge in [-0.05, 0) is 74.6 Å². The fourth-order valence-electron chi connectivity index (χ4n) is 2.01. The highest BCUT2D eigenvalue weighted by molar-refractivity contribution is 7.80. The summed E-state index contributed by atoms with van der Waals surface area (Å²) in [6, 6.07) is 14.6. The molecular weight excluding hydrogens is 322 g/mol. The molecular formula is C18H21N3O2S. The second-order valence-electron chi connectivity index (χ2n) is 5.51. The number of hydrogen-bond acceptors (Lipinski definition) is 3. The Kier molecular flexibility index (Phi) is 6.14. The lowest BCUT2D eigenvalue weighted by Crippen LogP contribution is -2.33. The Labute approximate surface area is 147 Å². The number of carbonyl (C=O) groups is 1. The summed E-state index contributed by atoms with van der Waals surface area (Å²) in [5.41, 5.74) is 2.11. The summed E-state index contributed by atoms with van der Waals surface area (Å²) in [6.45, 7) is 4.03. The number of thiocarbonyl (C=S) groups is 1. The minimum absolute atomic E-state index is 0.172. The van der Waals surface area contributed by atoms with Crippen LogP contribution in [-0.4, -0.2) is 24.2 Å². The van der Waals surface area contributed by atoms with Crippen molar-refractivity contribution in [2.24, 2.45) is 0 Å². The number of ether oxygens (including phenoxy) is 1. The minimum Gasteiger partial charge on any atom is -0.497 e. The number of benzene rings is 2. The van der Waals surface area contributed by atoms with Crippen LogP contribution in [-0.2, 0) is 0 Å². The van der Waals surface area contributed by atoms with Crippen molar-refractivity contribution in [3.05, 3.63) is 54.1 Å². The van der Waals surface area contributed by atoms with Gasteiger partial charge in [-0.3, -0.25) is 4.79 Å². The molecule has 2 rings (SSSR count). The molecule has 6 heteroatoms. The normalized spacial score (nSPS) is 10.2. The molecule has 2 aromatic rings. The largest absolute Gasteiger partial charge is 0.497 e. The first-order valence-electron chi connectivity index (χ1n) is 7.61. The van der Waals surface area contributed by atoms with E-state index >= 15 is 0 Å². The van der Waals surface area contributed by atoms with Gasteiger partial charge in [0.2, 0.25) is 0 Å². The van der Waals surface area contributed by atoms with E-state index in [4.69, 9.17) is 17.0 Å². The topological polar surface area (TPSA) is 62.4 Å². The molecule has 0 aliphatic carbocycles. The van der Waals surface area contributed by atoms with Gasteiger partial charge in [-0.2, -0.15) is 0 Å². The highest BCUT2D eigenvalue weighted by Crippen LogP contribution is 2.16. The lowest BCUT2D eigenvalue weighted by Gasteiger charge is -2.13. The van der Waals surface area contributed by atoms with E-state index in [1.165, 1.54) is 0 Å². The van der Waals surface area contributed by atoms with Crippen LogP contribution < -0.4 is 20.7 Å². The molecule has 0 saturated heterocycles. The van der Waals surface area contributed by atoms with Crippen LogP contribution in [0, 0.1) is 0 Å². The first-order chi connectivity index (χ1) is 11.5. The maximum absolute atomic E-state index is 12.2. The molecule has 0 aliphatic rings. The summed E-state index contributed by atoms with van der Waals surface area (Å²) in [6.07, 6.45) is 0. The summed E-state index contributed by atoms with van der Waals surface area (Å²) in [5.74, 6) is 0.573. The standard InChI is InChI=1S/C18H21N3O2S/c1-12(2)19-18(24)21-15-6-4-13(5-7-15)17(22)20-14-8-10-16(23-3)11-9-14/h4-12H,1-3H3,(H,20,22)(H2,19,21,24). The second kappa shape index (κ2) is 8.31. The van der Waals surface area contributed by atoms with E-state index in [1.54, 1.807) is 43.5 Å². The SMILES string of the molecule is COc1ccc(NC(=O)c2ccc(NC(=S)NC(C)C)cc2)cc1. The Bertz CT molecular complexity index is 697. The predicted molar refractivity (Wildman–Crippen MR) is 102 cm³/mol. The van der Waals surface area contributed by atoms with E-state index in [9.17, 15) is 4.79 Å². The average Bonchev–Trinajstić information content (AvgIpc) is 2.55. The first-order valence-corrected chi connectivity index (χ1v) is 8.01. The van der Waals surface area contributed by atoms with Crippen molar-refractivity contribution >= 4 is 34.6 Å². The van der Waals surface area contributed by atoms with Gasteiger partial charge in [0.1, 0.15) is 5.75 Å². The molecule has 0 aliphatic heterocycles. The third-order valence-corrected chi connectivity index (χ3v) is 3.39. The molecule has 3 N–H and O–H groups in total. The fourth-order valence-corrected chi connectivity index (χ4v) is 2.37. The van der Waals surface area contributed by atoms with E-state index < -0.39 is 0 Å². The number of nitrogens with one attached hydrogen (secondary N) is 3. The first kappa shape index (κ1) is 17.7. The molecule has 0 atom stereocenters. The van der Waals surface area contributed by atoms with Gasteiger partial charge in [0.15, 0.2) is 5.11 Å². The van der Waals surface area contributed by atoms with E-state index in [-0.39, 0.29) is 11.9 Å². The predicted octanol–water partition coefficient (Wildman–Crippen LogP) is 3.64. The van der Waals surface area contributed by atoms with Crippen molar-refractivity contribution in [1.29, 1.82) is 0 Å². The molecule has 1 amide bonds. The van der Waals surface area contributed by atoms with Crippen molar-refractivity contribution in [2.75, 3.05) is 17.7 Å². The van der Waals surface area contributed by atoms with Crippen molar-refractivity contribution < 1.29 is 9.53 Å². The van der Waals surface area contributed by atoms with Gasteiger partial charge in [0.25, 0.3) is 5.91 Å². The quantitative estimate of drug-likeness (QED) is 0.724. The fraction of sp³-hybridized carbons (Fsp3) is 0.222. The summed E-state index contributed by atoms with van der Waals surface area (Å²) in [5, 5.41) is 9.58. The number of methoxy groups -OCH3 is 1. The van der Waals surface area contributed by atoms with Gasteiger partial charge >= 0.3 is 0 Å². The molecule has 0 spiro atoms. The molecule has 24 heavy (non-hydrogen) atoms. The van der Waals surface area contributed by atoms with Crippen LogP contribution >= 0.6 is 12.2 Å². The minimum atomic E-state index is -0.172. The summed E-state index contributed by atoms with van der Waals surface area (Å²) in [4.78, 5) is 12.2. The molecule has 0 aromatic heterocycles. The van der Waals surface area contributed by atoms with Crippen molar-refractivity contribution in [1.82, 2.24) is 5.32 Å². The molecule has 0 radical (unpaired) electrons. The van der Waals surface area contributed by atoms with Gasteiger partial charge in [-0.1, -0.05) is 0 Å². The average molecular weight is 343 g/mol. The van der Waals surface area contributed by atoms with E-state index in [1.807, 2.05) is 26.0 Å². The molecule has 0 unspecified atom stereocenters. The summed E-state index contributed by atoms with van der Waals surface area (Å²) < 4.78 is 5.09. The van der Waals surface area contributed by atoms with Crippen LogP contribution in [0.3, 0.4) is 0 Å². The second-order valence-corrected chi connectivity index (χ2v) is 5.92. The van der Waals surface area contributed by atoms with Crippen LogP contribution in [0.15, 0.2) is 48.5 Å². The Morgan fingerprint density at radius 3 is 2.04 bits per heavy atom. The Balaban J connectivity index is 1.96. The smallest absolute Gasteiger partial charge is 0.255 e. The van der Waals surface area contributed by atoms with Gasteiger partial charge in [-0.15, -0.1) is 0 Å². The van der Waals surface area contributed by atoms with Crippen molar-refractivity contribution in [3.63, 3.8) is 0 Å². The van der Waals surface area contributed by atoms with E-state index in [2.05, 4.69) is 16.0 Å². The number of carbonyl (C=O) groups excluding carboxylic acids is 1. The summed E-state index contributed by atoms with van der Waals surface area (Å²) >= 11 is 5.19. The molecule has 0 fully saturated rings.